The third-order valence-corrected chi connectivity index (χ3v) is 5.27. The van der Waals surface area contributed by atoms with Gasteiger partial charge in [0.2, 0.25) is 0 Å². The zero-order valence-electron chi connectivity index (χ0n) is 18.9. The smallest absolute Gasteiger partial charge is 0.150 e. The summed E-state index contributed by atoms with van der Waals surface area (Å²) in [5.74, 6) is 2.92. The number of para-hydroxylation sites is 6. The van der Waals surface area contributed by atoms with Gasteiger partial charge >= 0.3 is 0 Å². The Morgan fingerprint density at radius 1 is 0.545 bits per heavy atom. The standard InChI is InChI=1S/C27H26N2O2.2H3N/c1-2-19(20-11-3-7-15-24(20)30-26-17-9-5-13-22(26)28)21-12-4-8-16-25(21)31-27-18-10-6-14-23(27)29;;/h3-19H,2,28-29H2,1H3;2*1H3. The van der Waals surface area contributed by atoms with Gasteiger partial charge < -0.3 is 33.2 Å². The van der Waals surface area contributed by atoms with Gasteiger partial charge in [0.05, 0.1) is 11.4 Å². The number of hydrogen-bond donors (Lipinski definition) is 4. The molecule has 4 rings (SSSR count). The van der Waals surface area contributed by atoms with Crippen molar-refractivity contribution >= 4 is 11.4 Å². The summed E-state index contributed by atoms with van der Waals surface area (Å²) < 4.78 is 12.5. The highest BCUT2D eigenvalue weighted by Gasteiger charge is 2.21. The molecule has 0 saturated heterocycles. The number of nitrogens with two attached hydrogens (primary N) is 2. The molecule has 0 spiro atoms. The minimum absolute atomic E-state index is 0. The Balaban J connectivity index is 0.00000193. The molecular formula is C27H32N4O2. The van der Waals surface area contributed by atoms with Gasteiger partial charge in [0, 0.05) is 17.0 Å². The van der Waals surface area contributed by atoms with Crippen LogP contribution >= 0.6 is 0 Å². The van der Waals surface area contributed by atoms with Gasteiger partial charge in [-0.15, -0.1) is 0 Å². The van der Waals surface area contributed by atoms with Crippen LogP contribution in [0.3, 0.4) is 0 Å². The molecule has 0 atom stereocenters. The van der Waals surface area contributed by atoms with E-state index in [1.165, 1.54) is 0 Å². The van der Waals surface area contributed by atoms with Crippen molar-refractivity contribution in [1.82, 2.24) is 12.3 Å². The topological polar surface area (TPSA) is 140 Å². The van der Waals surface area contributed by atoms with Crippen LogP contribution < -0.4 is 33.2 Å². The van der Waals surface area contributed by atoms with Crippen LogP contribution in [-0.2, 0) is 0 Å². The largest absolute Gasteiger partial charge is 0.455 e. The molecule has 0 bridgehead atoms. The van der Waals surface area contributed by atoms with Crippen molar-refractivity contribution in [1.29, 1.82) is 0 Å². The first kappa shape index (κ1) is 25.3. The fourth-order valence-electron chi connectivity index (χ4n) is 3.71. The summed E-state index contributed by atoms with van der Waals surface area (Å²) in [6, 6.07) is 31.2. The van der Waals surface area contributed by atoms with Crippen molar-refractivity contribution in [2.45, 2.75) is 19.3 Å². The van der Waals surface area contributed by atoms with Crippen molar-refractivity contribution in [3.05, 3.63) is 108 Å². The highest BCUT2D eigenvalue weighted by atomic mass is 16.5. The molecule has 0 amide bonds. The minimum atomic E-state index is 0. The van der Waals surface area contributed by atoms with Crippen molar-refractivity contribution in [2.24, 2.45) is 0 Å². The van der Waals surface area contributed by atoms with Gasteiger partial charge in [0.1, 0.15) is 23.0 Å². The molecule has 4 aromatic rings. The lowest BCUT2D eigenvalue weighted by Crippen LogP contribution is -2.05. The third-order valence-electron chi connectivity index (χ3n) is 5.27. The SMILES string of the molecule is CCC(c1ccccc1Oc1ccccc1N)c1ccccc1Oc1ccccc1N.N.N. The van der Waals surface area contributed by atoms with Gasteiger partial charge in [-0.3, -0.25) is 0 Å². The summed E-state index contributed by atoms with van der Waals surface area (Å²) in [5.41, 5.74) is 15.6. The fraction of sp³-hybridized carbons (Fsp3) is 0.111. The second-order valence-electron chi connectivity index (χ2n) is 7.32. The zero-order chi connectivity index (χ0) is 21.6. The molecule has 6 nitrogen and oxygen atoms in total. The molecule has 6 heteroatoms. The van der Waals surface area contributed by atoms with E-state index in [9.17, 15) is 0 Å². The van der Waals surface area contributed by atoms with E-state index in [0.29, 0.717) is 22.9 Å². The monoisotopic (exact) mass is 444 g/mol. The Morgan fingerprint density at radius 2 is 0.879 bits per heavy atom. The summed E-state index contributed by atoms with van der Waals surface area (Å²) in [4.78, 5) is 0. The van der Waals surface area contributed by atoms with Gasteiger partial charge in [-0.2, -0.15) is 0 Å². The van der Waals surface area contributed by atoms with E-state index in [4.69, 9.17) is 20.9 Å². The van der Waals surface area contributed by atoms with Crippen molar-refractivity contribution in [3.8, 4) is 23.0 Å². The van der Waals surface area contributed by atoms with Gasteiger partial charge in [-0.05, 0) is 42.8 Å². The van der Waals surface area contributed by atoms with Crippen LogP contribution in [0.2, 0.25) is 0 Å². The third kappa shape index (κ3) is 5.63. The van der Waals surface area contributed by atoms with Crippen LogP contribution in [0.4, 0.5) is 11.4 Å². The summed E-state index contributed by atoms with van der Waals surface area (Å²) in [6.45, 7) is 2.16. The van der Waals surface area contributed by atoms with Crippen molar-refractivity contribution < 1.29 is 9.47 Å². The molecular weight excluding hydrogens is 412 g/mol. The molecule has 172 valence electrons. The lowest BCUT2D eigenvalue weighted by Gasteiger charge is -2.22. The Labute approximate surface area is 195 Å². The average molecular weight is 445 g/mol. The second kappa shape index (κ2) is 11.6. The van der Waals surface area contributed by atoms with E-state index in [-0.39, 0.29) is 18.2 Å². The Bertz CT molecular complexity index is 1090. The summed E-state index contributed by atoms with van der Waals surface area (Å²) in [5, 5.41) is 0. The van der Waals surface area contributed by atoms with Gasteiger partial charge in [-0.25, -0.2) is 0 Å². The summed E-state index contributed by atoms with van der Waals surface area (Å²) in [7, 11) is 0. The predicted molar refractivity (Wildman–Crippen MR) is 137 cm³/mol. The Morgan fingerprint density at radius 3 is 1.24 bits per heavy atom. The maximum Gasteiger partial charge on any atom is 0.150 e. The van der Waals surface area contributed by atoms with Crippen LogP contribution in [0.25, 0.3) is 0 Å². The normalized spacial score (nSPS) is 10.1. The molecule has 0 heterocycles. The van der Waals surface area contributed by atoms with Gasteiger partial charge in [0.15, 0.2) is 0 Å². The number of ether oxygens (including phenoxy) is 2. The van der Waals surface area contributed by atoms with Gasteiger partial charge in [0.25, 0.3) is 0 Å². The van der Waals surface area contributed by atoms with Crippen LogP contribution in [0, 0.1) is 0 Å². The van der Waals surface area contributed by atoms with E-state index < -0.39 is 0 Å². The van der Waals surface area contributed by atoms with E-state index in [0.717, 1.165) is 29.0 Å². The van der Waals surface area contributed by atoms with E-state index in [1.54, 1.807) is 0 Å². The van der Waals surface area contributed by atoms with E-state index in [1.807, 2.05) is 84.9 Å². The highest BCUT2D eigenvalue weighted by Crippen LogP contribution is 2.42. The average Bonchev–Trinajstić information content (AvgIpc) is 2.79. The molecule has 0 saturated carbocycles. The minimum Gasteiger partial charge on any atom is -0.455 e. The molecule has 10 N–H and O–H groups in total. The quantitative estimate of drug-likeness (QED) is 0.220. The predicted octanol–water partition coefficient (Wildman–Crippen LogP) is 7.30. The van der Waals surface area contributed by atoms with Crippen molar-refractivity contribution in [3.63, 3.8) is 0 Å². The molecule has 4 aromatic carbocycles. The Hall–Kier alpha value is -4.00. The number of hydrogen-bond acceptors (Lipinski definition) is 6. The molecule has 0 aliphatic carbocycles. The van der Waals surface area contributed by atoms with Crippen LogP contribution in [0.1, 0.15) is 30.4 Å². The first-order valence-corrected chi connectivity index (χ1v) is 10.4. The van der Waals surface area contributed by atoms with Crippen molar-refractivity contribution in [2.75, 3.05) is 11.5 Å². The number of anilines is 2. The second-order valence-corrected chi connectivity index (χ2v) is 7.32. The lowest BCUT2D eigenvalue weighted by atomic mass is 9.88. The maximum atomic E-state index is 6.24. The van der Waals surface area contributed by atoms with E-state index >= 15 is 0 Å². The number of rotatable bonds is 7. The molecule has 0 fully saturated rings. The number of nitrogen functional groups attached to an aromatic ring is 2. The van der Waals surface area contributed by atoms with Crippen LogP contribution in [0.15, 0.2) is 97.1 Å². The highest BCUT2D eigenvalue weighted by molar-refractivity contribution is 5.57. The van der Waals surface area contributed by atoms with Gasteiger partial charge in [-0.1, -0.05) is 67.6 Å². The summed E-state index contributed by atoms with van der Waals surface area (Å²) in [6.07, 6.45) is 0.870. The molecule has 0 aliphatic rings. The molecule has 0 aromatic heterocycles. The van der Waals surface area contributed by atoms with Crippen LogP contribution in [-0.4, -0.2) is 0 Å². The molecule has 33 heavy (non-hydrogen) atoms. The Kier molecular flexibility index (Phi) is 8.86. The number of benzene rings is 4. The first-order chi connectivity index (χ1) is 15.2. The molecule has 0 aliphatic heterocycles. The lowest BCUT2D eigenvalue weighted by molar-refractivity contribution is 0.464. The zero-order valence-corrected chi connectivity index (χ0v) is 18.9. The first-order valence-electron chi connectivity index (χ1n) is 10.4. The maximum absolute atomic E-state index is 6.24. The van der Waals surface area contributed by atoms with Crippen LogP contribution in [0.5, 0.6) is 23.0 Å². The fourth-order valence-corrected chi connectivity index (χ4v) is 3.71. The molecule has 0 radical (unpaired) electrons. The summed E-state index contributed by atoms with van der Waals surface area (Å²) >= 11 is 0. The molecule has 0 unspecified atom stereocenters. The van der Waals surface area contributed by atoms with E-state index in [2.05, 4.69) is 19.1 Å².